The molecule has 1 saturated heterocycles. The summed E-state index contributed by atoms with van der Waals surface area (Å²) in [5, 5.41) is 22.1. The van der Waals surface area contributed by atoms with Crippen LogP contribution < -0.4 is 5.32 Å². The number of anilines is 1. The smallest absolute Gasteiger partial charge is 0.325 e. The third-order valence-electron chi connectivity index (χ3n) is 6.25. The number of carboxylic acids is 1. The van der Waals surface area contributed by atoms with Crippen molar-refractivity contribution in [1.82, 2.24) is 9.88 Å². The molecular formula is C25H30N4O3. The van der Waals surface area contributed by atoms with Crippen LogP contribution in [0.2, 0.25) is 0 Å². The van der Waals surface area contributed by atoms with Crippen molar-refractivity contribution < 1.29 is 14.6 Å². The summed E-state index contributed by atoms with van der Waals surface area (Å²) in [6.45, 7) is 3.01. The number of rotatable bonds is 9. The van der Waals surface area contributed by atoms with Gasteiger partial charge < -0.3 is 15.2 Å². The summed E-state index contributed by atoms with van der Waals surface area (Å²) >= 11 is 0. The molecule has 1 unspecified atom stereocenters. The van der Waals surface area contributed by atoms with Crippen LogP contribution in [0.4, 0.5) is 5.69 Å². The maximum atomic E-state index is 11.9. The van der Waals surface area contributed by atoms with Gasteiger partial charge in [0.25, 0.3) is 0 Å². The lowest BCUT2D eigenvalue weighted by Gasteiger charge is -2.24. The molecule has 2 aromatic rings. The number of nitrogens with zero attached hydrogens (tertiary/aromatic N) is 3. The number of aromatic nitrogens is 1. The molecule has 0 radical (unpaired) electrons. The van der Waals surface area contributed by atoms with E-state index in [1.807, 2.05) is 4.90 Å². The summed E-state index contributed by atoms with van der Waals surface area (Å²) in [5.41, 5.74) is 4.74. The van der Waals surface area contributed by atoms with Crippen molar-refractivity contribution >= 4 is 11.7 Å². The minimum absolute atomic E-state index is 0.0585. The van der Waals surface area contributed by atoms with Crippen molar-refractivity contribution in [3.8, 4) is 6.07 Å². The monoisotopic (exact) mass is 434 g/mol. The standard InChI is InChI=1S/C25H30N4O3/c26-16-18-6-8-19(9-7-18)24(25(30)31)29-14-12-21(17-29)32-15-2-1-4-20-10-11-22-23(28-20)5-3-13-27-22/h6-11,21,24,27H,1-5,12-15,17H2,(H,30,31)/t21-,24?/m1/s1. The van der Waals surface area contributed by atoms with E-state index in [0.717, 1.165) is 50.8 Å². The zero-order valence-electron chi connectivity index (χ0n) is 18.3. The van der Waals surface area contributed by atoms with E-state index in [9.17, 15) is 9.90 Å². The number of nitriles is 1. The molecule has 0 amide bonds. The highest BCUT2D eigenvalue weighted by atomic mass is 16.5. The topological polar surface area (TPSA) is 98.5 Å². The van der Waals surface area contributed by atoms with Crippen LogP contribution in [0.3, 0.4) is 0 Å². The molecule has 1 aromatic heterocycles. The molecule has 3 heterocycles. The number of aryl methyl sites for hydroxylation is 2. The van der Waals surface area contributed by atoms with Gasteiger partial charge in [0.05, 0.1) is 29.1 Å². The van der Waals surface area contributed by atoms with Crippen LogP contribution in [-0.2, 0) is 22.4 Å². The van der Waals surface area contributed by atoms with Gasteiger partial charge in [-0.1, -0.05) is 12.1 Å². The fourth-order valence-corrected chi connectivity index (χ4v) is 4.55. The largest absolute Gasteiger partial charge is 0.480 e. The van der Waals surface area contributed by atoms with Gasteiger partial charge in [0.2, 0.25) is 0 Å². The number of pyridine rings is 1. The average molecular weight is 435 g/mol. The van der Waals surface area contributed by atoms with Crippen molar-refractivity contribution in [2.75, 3.05) is 31.6 Å². The number of ether oxygens (including phenoxy) is 1. The third kappa shape index (κ3) is 5.45. The predicted octanol–water partition coefficient (Wildman–Crippen LogP) is 3.55. The summed E-state index contributed by atoms with van der Waals surface area (Å²) in [6, 6.07) is 12.4. The molecule has 2 aliphatic heterocycles. The lowest BCUT2D eigenvalue weighted by atomic mass is 10.0. The van der Waals surface area contributed by atoms with E-state index >= 15 is 0 Å². The van der Waals surface area contributed by atoms with Gasteiger partial charge in [-0.2, -0.15) is 5.26 Å². The summed E-state index contributed by atoms with van der Waals surface area (Å²) in [7, 11) is 0. The predicted molar refractivity (Wildman–Crippen MR) is 121 cm³/mol. The molecule has 2 atom stereocenters. The fraction of sp³-hybridized carbons (Fsp3) is 0.480. The lowest BCUT2D eigenvalue weighted by Crippen LogP contribution is -2.33. The molecular weight excluding hydrogens is 404 g/mol. The highest BCUT2D eigenvalue weighted by molar-refractivity contribution is 5.75. The van der Waals surface area contributed by atoms with Crippen molar-refractivity contribution in [1.29, 1.82) is 5.26 Å². The first-order valence-corrected chi connectivity index (χ1v) is 11.5. The molecule has 0 spiro atoms. The Morgan fingerprint density at radius 1 is 1.28 bits per heavy atom. The number of likely N-dealkylation sites (tertiary alicyclic amines) is 1. The van der Waals surface area contributed by atoms with Crippen LogP contribution in [0.1, 0.15) is 54.2 Å². The Morgan fingerprint density at radius 3 is 2.91 bits per heavy atom. The number of aliphatic carboxylic acids is 1. The number of carboxylic acid groups (broad SMARTS) is 1. The van der Waals surface area contributed by atoms with Crippen molar-refractivity contribution in [2.24, 2.45) is 0 Å². The zero-order chi connectivity index (χ0) is 22.3. The molecule has 4 rings (SSSR count). The van der Waals surface area contributed by atoms with Gasteiger partial charge in [0.1, 0.15) is 6.04 Å². The van der Waals surface area contributed by atoms with Crippen LogP contribution in [0.5, 0.6) is 0 Å². The van der Waals surface area contributed by atoms with E-state index in [-0.39, 0.29) is 6.10 Å². The van der Waals surface area contributed by atoms with Crippen LogP contribution in [-0.4, -0.2) is 53.3 Å². The van der Waals surface area contributed by atoms with Gasteiger partial charge in [-0.15, -0.1) is 0 Å². The summed E-state index contributed by atoms with van der Waals surface area (Å²) in [4.78, 5) is 18.7. The molecule has 0 saturated carbocycles. The van der Waals surface area contributed by atoms with Crippen molar-refractivity contribution in [2.45, 2.75) is 50.7 Å². The number of carbonyl (C=O) groups is 1. The molecule has 0 aliphatic carbocycles. The normalized spacial score (nSPS) is 19.0. The van der Waals surface area contributed by atoms with E-state index in [2.05, 4.69) is 23.5 Å². The van der Waals surface area contributed by atoms with Crippen LogP contribution in [0.25, 0.3) is 0 Å². The van der Waals surface area contributed by atoms with Gasteiger partial charge in [-0.25, -0.2) is 0 Å². The molecule has 1 aromatic carbocycles. The Labute approximate surface area is 189 Å². The second kappa shape index (κ2) is 10.6. The fourth-order valence-electron chi connectivity index (χ4n) is 4.55. The number of benzene rings is 1. The van der Waals surface area contributed by atoms with Crippen molar-refractivity contribution in [3.63, 3.8) is 0 Å². The average Bonchev–Trinajstić information content (AvgIpc) is 3.27. The van der Waals surface area contributed by atoms with Crippen LogP contribution in [0, 0.1) is 11.3 Å². The molecule has 7 nitrogen and oxygen atoms in total. The minimum atomic E-state index is -0.872. The van der Waals surface area contributed by atoms with E-state index < -0.39 is 12.0 Å². The maximum absolute atomic E-state index is 11.9. The lowest BCUT2D eigenvalue weighted by molar-refractivity contribution is -0.143. The van der Waals surface area contributed by atoms with Gasteiger partial charge in [0, 0.05) is 31.9 Å². The minimum Gasteiger partial charge on any atom is -0.480 e. The van der Waals surface area contributed by atoms with Crippen molar-refractivity contribution in [3.05, 3.63) is 58.9 Å². The molecule has 168 valence electrons. The molecule has 32 heavy (non-hydrogen) atoms. The van der Waals surface area contributed by atoms with Gasteiger partial charge in [-0.3, -0.25) is 14.7 Å². The SMILES string of the molecule is N#Cc1ccc(C(C(=O)O)N2CC[C@@H](OCCCCc3ccc4c(n3)CCCN4)C2)cc1. The second-order valence-corrected chi connectivity index (χ2v) is 8.54. The first kappa shape index (κ1) is 22.3. The molecule has 0 bridgehead atoms. The van der Waals surface area contributed by atoms with Crippen LogP contribution in [0.15, 0.2) is 36.4 Å². The summed E-state index contributed by atoms with van der Waals surface area (Å²) in [5.74, 6) is -0.872. The Balaban J connectivity index is 1.21. The van der Waals surface area contributed by atoms with E-state index in [4.69, 9.17) is 15.0 Å². The quantitative estimate of drug-likeness (QED) is 0.582. The third-order valence-corrected chi connectivity index (χ3v) is 6.25. The Hall–Kier alpha value is -2.95. The number of hydrogen-bond acceptors (Lipinski definition) is 6. The Morgan fingerprint density at radius 2 is 2.12 bits per heavy atom. The van der Waals surface area contributed by atoms with Crippen LogP contribution >= 0.6 is 0 Å². The zero-order valence-corrected chi connectivity index (χ0v) is 18.3. The van der Waals surface area contributed by atoms with E-state index in [1.54, 1.807) is 24.3 Å². The number of unbranched alkanes of at least 4 members (excludes halogenated alkanes) is 1. The molecule has 7 heteroatoms. The highest BCUT2D eigenvalue weighted by Crippen LogP contribution is 2.27. The molecule has 2 N–H and O–H groups in total. The Bertz CT molecular complexity index is 970. The highest BCUT2D eigenvalue weighted by Gasteiger charge is 2.33. The summed E-state index contributed by atoms with van der Waals surface area (Å²) < 4.78 is 6.06. The maximum Gasteiger partial charge on any atom is 0.325 e. The van der Waals surface area contributed by atoms with Gasteiger partial charge in [0.15, 0.2) is 0 Å². The number of fused-ring (bicyclic) bond motifs is 1. The van der Waals surface area contributed by atoms with E-state index in [1.165, 1.54) is 11.4 Å². The molecule has 2 aliphatic rings. The van der Waals surface area contributed by atoms with Gasteiger partial charge in [-0.05, 0) is 68.4 Å². The Kier molecular flexibility index (Phi) is 7.35. The van der Waals surface area contributed by atoms with Gasteiger partial charge >= 0.3 is 5.97 Å². The number of nitrogens with one attached hydrogen (secondary N) is 1. The first-order chi connectivity index (χ1) is 15.6. The van der Waals surface area contributed by atoms with E-state index in [0.29, 0.717) is 30.8 Å². The number of hydrogen-bond donors (Lipinski definition) is 2. The molecule has 1 fully saturated rings. The first-order valence-electron chi connectivity index (χ1n) is 11.5. The summed E-state index contributed by atoms with van der Waals surface area (Å²) in [6.07, 6.45) is 6.03. The second-order valence-electron chi connectivity index (χ2n) is 8.54.